The molecule has 0 saturated heterocycles. The fourth-order valence-corrected chi connectivity index (χ4v) is 3.94. The Morgan fingerprint density at radius 3 is 2.31 bits per heavy atom. The van der Waals surface area contributed by atoms with Crippen molar-refractivity contribution >= 4 is 30.7 Å². The van der Waals surface area contributed by atoms with Crippen molar-refractivity contribution in [3.8, 4) is 17.2 Å². The number of hydrogen-bond donors (Lipinski definition) is 2. The van der Waals surface area contributed by atoms with Gasteiger partial charge in [0.1, 0.15) is 0 Å². The van der Waals surface area contributed by atoms with Gasteiger partial charge in [0.2, 0.25) is 5.75 Å². The molecule has 0 aliphatic heterocycles. The molecule has 2 aromatic carbocycles. The van der Waals surface area contributed by atoms with E-state index in [4.69, 9.17) is 14.2 Å². The molecule has 8 heteroatoms. The van der Waals surface area contributed by atoms with Gasteiger partial charge in [-0.3, -0.25) is 4.57 Å². The van der Waals surface area contributed by atoms with Crippen LogP contribution < -0.4 is 19.5 Å². The normalized spacial score (nSPS) is 11.6. The lowest BCUT2D eigenvalue weighted by Crippen LogP contribution is -2.07. The van der Waals surface area contributed by atoms with Crippen molar-refractivity contribution in [1.82, 2.24) is 0 Å². The van der Waals surface area contributed by atoms with Crippen LogP contribution in [0.3, 0.4) is 0 Å². The minimum absolute atomic E-state index is 0.0144. The Bertz CT molecular complexity index is 830. The summed E-state index contributed by atoms with van der Waals surface area (Å²) < 4.78 is 27.6. The first-order valence-corrected chi connectivity index (χ1v) is 10.3. The molecule has 6 nitrogen and oxygen atoms in total. The van der Waals surface area contributed by atoms with Crippen molar-refractivity contribution in [2.24, 2.45) is 0 Å². The Kier molecular flexibility index (Phi) is 7.17. The summed E-state index contributed by atoms with van der Waals surface area (Å²) in [6, 6.07) is 10.1. The molecule has 0 aliphatic rings. The maximum absolute atomic E-state index is 11.5. The first-order valence-electron chi connectivity index (χ1n) is 7.63. The molecular formula is C18H21O6PS. The van der Waals surface area contributed by atoms with Gasteiger partial charge in [0.05, 0.1) is 26.6 Å². The SMILES string of the molecule is COc1ccc(CSC=Cc2ccccc2P(=O)(O)O)c(OC)c1OC. The summed E-state index contributed by atoms with van der Waals surface area (Å²) in [7, 11) is 0.375. The molecule has 2 N–H and O–H groups in total. The highest BCUT2D eigenvalue weighted by molar-refractivity contribution is 8.01. The largest absolute Gasteiger partial charge is 0.493 e. The molecule has 0 fully saturated rings. The number of hydrogen-bond acceptors (Lipinski definition) is 5. The van der Waals surface area contributed by atoms with E-state index in [0.29, 0.717) is 28.6 Å². The third-order valence-corrected chi connectivity index (χ3v) is 5.46. The van der Waals surface area contributed by atoms with Crippen LogP contribution in [0.1, 0.15) is 11.1 Å². The maximum Gasteiger partial charge on any atom is 0.356 e. The van der Waals surface area contributed by atoms with Crippen molar-refractivity contribution in [3.05, 3.63) is 52.9 Å². The molecule has 140 valence electrons. The molecule has 0 aliphatic carbocycles. The van der Waals surface area contributed by atoms with E-state index in [2.05, 4.69) is 0 Å². The van der Waals surface area contributed by atoms with Gasteiger partial charge in [-0.15, -0.1) is 11.8 Å². The van der Waals surface area contributed by atoms with Gasteiger partial charge in [-0.05, 0) is 29.2 Å². The molecule has 0 aromatic heterocycles. The van der Waals surface area contributed by atoms with Crippen LogP contribution in [0, 0.1) is 0 Å². The van der Waals surface area contributed by atoms with Crippen LogP contribution in [0.5, 0.6) is 17.2 Å². The maximum atomic E-state index is 11.5. The van der Waals surface area contributed by atoms with Crippen molar-refractivity contribution in [3.63, 3.8) is 0 Å². The highest BCUT2D eigenvalue weighted by Crippen LogP contribution is 2.41. The fourth-order valence-electron chi connectivity index (χ4n) is 2.43. The summed E-state index contributed by atoms with van der Waals surface area (Å²) in [6.45, 7) is 0. The van der Waals surface area contributed by atoms with Crippen molar-refractivity contribution in [1.29, 1.82) is 0 Å². The molecule has 0 atom stereocenters. The number of ether oxygens (including phenoxy) is 3. The van der Waals surface area contributed by atoms with Crippen LogP contribution in [0.25, 0.3) is 6.08 Å². The predicted molar refractivity (Wildman–Crippen MR) is 105 cm³/mol. The summed E-state index contributed by atoms with van der Waals surface area (Å²) >= 11 is 1.47. The minimum atomic E-state index is -4.31. The van der Waals surface area contributed by atoms with E-state index >= 15 is 0 Å². The molecular weight excluding hydrogens is 375 g/mol. The minimum Gasteiger partial charge on any atom is -0.493 e. The Morgan fingerprint density at radius 2 is 1.69 bits per heavy atom. The van der Waals surface area contributed by atoms with Gasteiger partial charge in [0, 0.05) is 11.3 Å². The van der Waals surface area contributed by atoms with Gasteiger partial charge in [-0.25, -0.2) is 0 Å². The van der Waals surface area contributed by atoms with E-state index in [1.807, 2.05) is 12.1 Å². The molecule has 0 saturated carbocycles. The Hall–Kier alpha value is -1.92. The molecule has 0 bridgehead atoms. The van der Waals surface area contributed by atoms with Gasteiger partial charge in [0.15, 0.2) is 11.5 Å². The van der Waals surface area contributed by atoms with Crippen molar-refractivity contribution in [2.45, 2.75) is 5.75 Å². The van der Waals surface area contributed by atoms with E-state index in [1.165, 1.54) is 17.8 Å². The lowest BCUT2D eigenvalue weighted by atomic mass is 10.2. The van der Waals surface area contributed by atoms with E-state index in [-0.39, 0.29) is 5.30 Å². The molecule has 2 aromatic rings. The first kappa shape index (κ1) is 20.4. The zero-order chi connectivity index (χ0) is 19.2. The molecule has 0 amide bonds. The highest BCUT2D eigenvalue weighted by Gasteiger charge is 2.19. The molecule has 0 unspecified atom stereocenters. The van der Waals surface area contributed by atoms with Crippen LogP contribution in [0.15, 0.2) is 41.8 Å². The Labute approximate surface area is 157 Å². The van der Waals surface area contributed by atoms with E-state index in [0.717, 1.165) is 5.56 Å². The first-order chi connectivity index (χ1) is 12.4. The lowest BCUT2D eigenvalue weighted by Gasteiger charge is -2.15. The average Bonchev–Trinajstić information content (AvgIpc) is 2.63. The molecule has 26 heavy (non-hydrogen) atoms. The highest BCUT2D eigenvalue weighted by atomic mass is 32.2. The third kappa shape index (κ3) is 4.83. The van der Waals surface area contributed by atoms with Crippen LogP contribution in [0.2, 0.25) is 0 Å². The standard InChI is InChI=1S/C18H21O6PS/c1-22-15-9-8-14(17(23-2)18(15)24-3)12-26-11-10-13-6-4-5-7-16(13)25(19,20)21/h4-11H,12H2,1-3H3,(H2,19,20,21). The quantitative estimate of drug-likeness (QED) is 0.662. The van der Waals surface area contributed by atoms with E-state index in [1.54, 1.807) is 51.0 Å². The predicted octanol–water partition coefficient (Wildman–Crippen LogP) is 3.42. The van der Waals surface area contributed by atoms with E-state index < -0.39 is 7.60 Å². The Balaban J connectivity index is 2.16. The van der Waals surface area contributed by atoms with Crippen LogP contribution in [-0.2, 0) is 10.3 Å². The number of methoxy groups -OCH3 is 3. The summed E-state index contributed by atoms with van der Waals surface area (Å²) in [4.78, 5) is 18.8. The molecule has 0 spiro atoms. The zero-order valence-corrected chi connectivity index (χ0v) is 16.4. The van der Waals surface area contributed by atoms with E-state index in [9.17, 15) is 14.4 Å². The number of benzene rings is 2. The van der Waals surface area contributed by atoms with Gasteiger partial charge in [-0.2, -0.15) is 0 Å². The monoisotopic (exact) mass is 396 g/mol. The van der Waals surface area contributed by atoms with Crippen LogP contribution in [0.4, 0.5) is 0 Å². The van der Waals surface area contributed by atoms with Gasteiger partial charge >= 0.3 is 7.60 Å². The van der Waals surface area contributed by atoms with Crippen molar-refractivity contribution < 1.29 is 28.6 Å². The second-order valence-electron chi connectivity index (χ2n) is 5.21. The smallest absolute Gasteiger partial charge is 0.356 e. The molecule has 0 heterocycles. The summed E-state index contributed by atoms with van der Waals surface area (Å²) in [5.74, 6) is 2.31. The average molecular weight is 396 g/mol. The van der Waals surface area contributed by atoms with Gasteiger partial charge < -0.3 is 24.0 Å². The van der Waals surface area contributed by atoms with Crippen LogP contribution in [-0.4, -0.2) is 31.1 Å². The lowest BCUT2D eigenvalue weighted by molar-refractivity contribution is 0.323. The number of thioether (sulfide) groups is 1. The summed E-state index contributed by atoms with van der Waals surface area (Å²) in [6.07, 6.45) is 1.69. The molecule has 2 rings (SSSR count). The Morgan fingerprint density at radius 1 is 1.00 bits per heavy atom. The zero-order valence-electron chi connectivity index (χ0n) is 14.7. The van der Waals surface area contributed by atoms with Gasteiger partial charge in [-0.1, -0.05) is 24.3 Å². The second-order valence-corrected chi connectivity index (χ2v) is 7.67. The number of rotatable bonds is 8. The topological polar surface area (TPSA) is 85.2 Å². The third-order valence-electron chi connectivity index (χ3n) is 3.62. The van der Waals surface area contributed by atoms with Crippen LogP contribution >= 0.6 is 19.4 Å². The summed E-state index contributed by atoms with van der Waals surface area (Å²) in [5.41, 5.74) is 1.41. The van der Waals surface area contributed by atoms with Gasteiger partial charge in [0.25, 0.3) is 0 Å². The summed E-state index contributed by atoms with van der Waals surface area (Å²) in [5, 5.41) is 1.81. The molecule has 0 radical (unpaired) electrons. The fraction of sp³-hybridized carbons (Fsp3) is 0.222. The second kappa shape index (κ2) is 9.14. The van der Waals surface area contributed by atoms with Crippen molar-refractivity contribution in [2.75, 3.05) is 21.3 Å².